The normalized spacial score (nSPS) is 13.0. The van der Waals surface area contributed by atoms with Crippen LogP contribution in [0.3, 0.4) is 0 Å². The number of carbonyl (C=O) groups excluding carboxylic acids is 1. The van der Waals surface area contributed by atoms with Gasteiger partial charge in [-0.25, -0.2) is 12.7 Å². The van der Waals surface area contributed by atoms with E-state index >= 15 is 0 Å². The molecular weight excluding hydrogens is 312 g/mol. The molecular formula is C12H18N4O3S2. The molecule has 1 amide bonds. The molecule has 0 fully saturated rings. The molecule has 0 aromatic carbocycles. The maximum Gasteiger partial charge on any atom is 0.244 e. The van der Waals surface area contributed by atoms with Gasteiger partial charge in [-0.05, 0) is 12.1 Å². The molecule has 0 saturated heterocycles. The zero-order chi connectivity index (χ0) is 16.2. The van der Waals surface area contributed by atoms with Crippen molar-refractivity contribution in [2.24, 2.45) is 11.7 Å². The van der Waals surface area contributed by atoms with Gasteiger partial charge >= 0.3 is 0 Å². The highest BCUT2D eigenvalue weighted by Gasteiger charge is 2.25. The molecule has 1 unspecified atom stereocenters. The Bertz CT molecular complexity index is 628. The maximum atomic E-state index is 12.3. The number of carbonyl (C=O) groups is 1. The number of amides is 1. The topological polar surface area (TPSA) is 105 Å². The second-order valence-electron chi connectivity index (χ2n) is 4.54. The zero-order valence-electron chi connectivity index (χ0n) is 12.0. The van der Waals surface area contributed by atoms with Crippen LogP contribution in [0.5, 0.6) is 0 Å². The Kier molecular flexibility index (Phi) is 5.76. The van der Waals surface area contributed by atoms with E-state index in [4.69, 9.17) is 18.0 Å². The predicted molar refractivity (Wildman–Crippen MR) is 83.2 cm³/mol. The summed E-state index contributed by atoms with van der Waals surface area (Å²) in [6, 6.07) is 2.84. The molecule has 1 atom stereocenters. The Morgan fingerprint density at radius 3 is 2.57 bits per heavy atom. The molecule has 7 nitrogen and oxygen atoms in total. The van der Waals surface area contributed by atoms with Crippen molar-refractivity contribution >= 4 is 33.1 Å². The third-order valence-electron chi connectivity index (χ3n) is 2.92. The van der Waals surface area contributed by atoms with E-state index in [0.717, 1.165) is 4.31 Å². The number of rotatable bonds is 6. The quantitative estimate of drug-likeness (QED) is 0.695. The minimum atomic E-state index is -3.71. The van der Waals surface area contributed by atoms with Crippen molar-refractivity contribution in [1.82, 2.24) is 14.6 Å². The fourth-order valence-electron chi connectivity index (χ4n) is 1.67. The van der Waals surface area contributed by atoms with Gasteiger partial charge in [-0.3, -0.25) is 9.78 Å². The molecule has 0 aliphatic rings. The van der Waals surface area contributed by atoms with Crippen molar-refractivity contribution in [3.8, 4) is 0 Å². The van der Waals surface area contributed by atoms with Crippen molar-refractivity contribution < 1.29 is 13.2 Å². The lowest BCUT2D eigenvalue weighted by Gasteiger charge is -2.20. The number of thiocarbonyl (C=S) groups is 1. The third kappa shape index (κ3) is 4.19. The maximum absolute atomic E-state index is 12.3. The molecule has 0 radical (unpaired) electrons. The van der Waals surface area contributed by atoms with Gasteiger partial charge in [0.25, 0.3) is 0 Å². The highest BCUT2D eigenvalue weighted by Crippen LogP contribution is 2.15. The van der Waals surface area contributed by atoms with Crippen LogP contribution in [0.15, 0.2) is 23.2 Å². The molecule has 0 aliphatic carbocycles. The monoisotopic (exact) mass is 330 g/mol. The van der Waals surface area contributed by atoms with Gasteiger partial charge in [0.05, 0.1) is 5.69 Å². The number of sulfonamides is 1. The van der Waals surface area contributed by atoms with E-state index in [1.54, 1.807) is 6.92 Å². The van der Waals surface area contributed by atoms with Gasteiger partial charge in [-0.15, -0.1) is 0 Å². The number of nitrogens with one attached hydrogen (secondary N) is 1. The van der Waals surface area contributed by atoms with Gasteiger partial charge in [0.1, 0.15) is 9.88 Å². The minimum absolute atomic E-state index is 0.0223. The Balaban J connectivity index is 2.94. The zero-order valence-corrected chi connectivity index (χ0v) is 13.7. The molecule has 9 heteroatoms. The molecule has 0 saturated carbocycles. The number of nitrogens with two attached hydrogens (primary N) is 1. The Morgan fingerprint density at radius 1 is 1.52 bits per heavy atom. The summed E-state index contributed by atoms with van der Waals surface area (Å²) in [6.07, 6.45) is 1.20. The van der Waals surface area contributed by atoms with Crippen LogP contribution in [0.1, 0.15) is 12.6 Å². The van der Waals surface area contributed by atoms with Crippen LogP contribution in [0.25, 0.3) is 0 Å². The standard InChI is InChI=1S/C12H18N4O3S2/c1-8(12(17)14-2)7-16(3)21(18,19)9-4-5-10(11(13)20)15-6-9/h4-6,8H,7H2,1-3H3,(H2,13,20)(H,14,17). The summed E-state index contributed by atoms with van der Waals surface area (Å²) < 4.78 is 25.8. The molecule has 1 aromatic heterocycles. The molecule has 0 bridgehead atoms. The average molecular weight is 330 g/mol. The molecule has 116 valence electrons. The van der Waals surface area contributed by atoms with E-state index in [0.29, 0.717) is 5.69 Å². The number of pyridine rings is 1. The highest BCUT2D eigenvalue weighted by molar-refractivity contribution is 7.89. The van der Waals surface area contributed by atoms with Crippen LogP contribution in [0, 0.1) is 5.92 Å². The molecule has 1 heterocycles. The lowest BCUT2D eigenvalue weighted by atomic mass is 10.2. The van der Waals surface area contributed by atoms with Crippen LogP contribution in [0.4, 0.5) is 0 Å². The van der Waals surface area contributed by atoms with Gasteiger partial charge < -0.3 is 11.1 Å². The van der Waals surface area contributed by atoms with Gasteiger partial charge in [0.2, 0.25) is 15.9 Å². The molecule has 1 rings (SSSR count). The van der Waals surface area contributed by atoms with Crippen molar-refractivity contribution in [3.05, 3.63) is 24.0 Å². The van der Waals surface area contributed by atoms with Crippen LogP contribution in [-0.4, -0.2) is 49.2 Å². The lowest BCUT2D eigenvalue weighted by molar-refractivity contribution is -0.124. The second-order valence-corrected chi connectivity index (χ2v) is 7.03. The van der Waals surface area contributed by atoms with Crippen molar-refractivity contribution in [1.29, 1.82) is 0 Å². The van der Waals surface area contributed by atoms with E-state index in [9.17, 15) is 13.2 Å². The fourth-order valence-corrected chi connectivity index (χ4v) is 3.00. The number of hydrogen-bond acceptors (Lipinski definition) is 5. The summed E-state index contributed by atoms with van der Waals surface area (Å²) in [5, 5.41) is 2.48. The summed E-state index contributed by atoms with van der Waals surface area (Å²) in [4.78, 5) is 15.5. The smallest absolute Gasteiger partial charge is 0.244 e. The number of hydrogen-bond donors (Lipinski definition) is 2. The fraction of sp³-hybridized carbons (Fsp3) is 0.417. The minimum Gasteiger partial charge on any atom is -0.388 e. The van der Waals surface area contributed by atoms with Gasteiger partial charge in [-0.2, -0.15) is 0 Å². The van der Waals surface area contributed by atoms with Crippen LogP contribution < -0.4 is 11.1 Å². The molecule has 21 heavy (non-hydrogen) atoms. The summed E-state index contributed by atoms with van der Waals surface area (Å²) in [6.45, 7) is 1.72. The number of aromatic nitrogens is 1. The van der Waals surface area contributed by atoms with Gasteiger partial charge in [-0.1, -0.05) is 19.1 Å². The first-order chi connectivity index (χ1) is 9.70. The Morgan fingerprint density at radius 2 is 2.14 bits per heavy atom. The second kappa shape index (κ2) is 6.92. The highest BCUT2D eigenvalue weighted by atomic mass is 32.2. The summed E-state index contributed by atoms with van der Waals surface area (Å²) >= 11 is 4.76. The molecule has 0 aliphatic heterocycles. The predicted octanol–water partition coefficient (Wildman–Crippen LogP) is -0.282. The van der Waals surface area contributed by atoms with E-state index < -0.39 is 15.9 Å². The summed E-state index contributed by atoms with van der Waals surface area (Å²) in [5.74, 6) is -0.683. The van der Waals surface area contributed by atoms with E-state index in [1.807, 2.05) is 0 Å². The first-order valence-corrected chi connectivity index (χ1v) is 7.98. The lowest BCUT2D eigenvalue weighted by Crippen LogP contribution is -2.37. The summed E-state index contributed by atoms with van der Waals surface area (Å²) in [5.41, 5.74) is 5.76. The van der Waals surface area contributed by atoms with E-state index in [2.05, 4.69) is 10.3 Å². The third-order valence-corrected chi connectivity index (χ3v) is 4.94. The van der Waals surface area contributed by atoms with Crippen LogP contribution >= 0.6 is 12.2 Å². The first kappa shape index (κ1) is 17.5. The average Bonchev–Trinajstić information content (AvgIpc) is 2.46. The van der Waals surface area contributed by atoms with Crippen molar-refractivity contribution in [3.63, 3.8) is 0 Å². The molecule has 3 N–H and O–H groups in total. The van der Waals surface area contributed by atoms with Crippen LogP contribution in [0.2, 0.25) is 0 Å². The van der Waals surface area contributed by atoms with Crippen molar-refractivity contribution in [2.75, 3.05) is 20.6 Å². The summed E-state index contributed by atoms with van der Waals surface area (Å²) in [7, 11) is -0.793. The first-order valence-electron chi connectivity index (χ1n) is 6.14. The van der Waals surface area contributed by atoms with E-state index in [1.165, 1.54) is 32.4 Å². The van der Waals surface area contributed by atoms with Gasteiger partial charge in [0, 0.05) is 32.8 Å². The Hall–Kier alpha value is -1.58. The van der Waals surface area contributed by atoms with Crippen molar-refractivity contribution in [2.45, 2.75) is 11.8 Å². The molecule has 0 spiro atoms. The molecule has 1 aromatic rings. The SMILES string of the molecule is CNC(=O)C(C)CN(C)S(=O)(=O)c1ccc(C(N)=S)nc1. The largest absolute Gasteiger partial charge is 0.388 e. The van der Waals surface area contributed by atoms with E-state index in [-0.39, 0.29) is 22.3 Å². The Labute approximate surface area is 129 Å². The van der Waals surface area contributed by atoms with Crippen LogP contribution in [-0.2, 0) is 14.8 Å². The van der Waals surface area contributed by atoms with Gasteiger partial charge in [0.15, 0.2) is 0 Å². The number of nitrogens with zero attached hydrogens (tertiary/aromatic N) is 2.